The Hall–Kier alpha value is -14.7. The molecule has 27 nitrogen and oxygen atoms in total. The van der Waals surface area contributed by atoms with E-state index in [9.17, 15) is 30.3 Å². The molecule has 772 valence electrons. The SMILES string of the molecule is C/C(=N/O)c1ccccc1.CC(=O)/C(C)=N/O.CC(C)(O)/C(=N/O)c1ccccc1.CC12CCC(C/C1=C/O)C2(C)C.CO/N=C(\c1ccccc1)C(O)c1ccccc1.O/N=C(/Cc1ccccc1)c1ccccc1.O/N=C(/c1ccccc1)C(O)c1ccccc1.O/N=C(/c1ccccc1)C1(O)CCCCC1.O/N=C(\c1cccs1)C(O)c1cccs1.ON=C1CCC(c2ccccc2)CC1.ON=C1CCCCC1. The number of hydrogen-bond donors (Lipinski definition) is 15. The van der Waals surface area contributed by atoms with Crippen LogP contribution in [-0.2, 0) is 16.1 Å². The third-order valence-electron chi connectivity index (χ3n) is 25.9. The van der Waals surface area contributed by atoms with Gasteiger partial charge in [-0.2, -0.15) is 0 Å². The van der Waals surface area contributed by atoms with Crippen LogP contribution in [0.4, 0.5) is 0 Å². The first-order chi connectivity index (χ1) is 70.6. The van der Waals surface area contributed by atoms with E-state index in [-0.39, 0.29) is 28.3 Å². The Morgan fingerprint density at radius 3 is 1.23 bits per heavy atom. The molecule has 2 aromatic heterocycles. The van der Waals surface area contributed by atoms with Crippen molar-refractivity contribution >= 4 is 85.6 Å². The number of carbonyl (C=O) groups is 1. The number of ketones is 1. The largest absolute Gasteiger partial charge is 0.516 e. The molecule has 5 saturated carbocycles. The molecule has 10 aromatic carbocycles. The highest BCUT2D eigenvalue weighted by Crippen LogP contribution is 2.67. The second-order valence-corrected chi connectivity index (χ2v) is 38.2. The highest BCUT2D eigenvalue weighted by molar-refractivity contribution is 7.12. The number of thiophene rings is 2. The minimum Gasteiger partial charge on any atom is -0.516 e. The number of Topliss-reactive ketones (excluding diaryl/α,β-unsaturated/α-hetero) is 1. The number of hydrogen-bond acceptors (Lipinski definition) is 29. The summed E-state index contributed by atoms with van der Waals surface area (Å²) >= 11 is 2.87. The van der Waals surface area contributed by atoms with E-state index in [2.05, 4.69) is 96.6 Å². The van der Waals surface area contributed by atoms with Crippen molar-refractivity contribution in [1.82, 2.24) is 0 Å². The molecule has 5 fully saturated rings. The predicted octanol–water partition coefficient (Wildman–Crippen LogP) is 25.9. The zero-order valence-electron chi connectivity index (χ0n) is 84.3. The summed E-state index contributed by atoms with van der Waals surface area (Å²) in [5, 5.41) is 174. The fourth-order valence-electron chi connectivity index (χ4n) is 17.0. The molecule has 0 aliphatic heterocycles. The Kier molecular flexibility index (Phi) is 52.0. The van der Waals surface area contributed by atoms with Gasteiger partial charge in [-0.1, -0.05) is 413 Å². The molecule has 29 heteroatoms. The molecule has 0 radical (unpaired) electrons. The van der Waals surface area contributed by atoms with Crippen LogP contribution in [0, 0.1) is 16.7 Å². The Morgan fingerprint density at radius 2 is 0.856 bits per heavy atom. The van der Waals surface area contributed by atoms with Gasteiger partial charge in [-0.15, -0.1) is 22.7 Å². The van der Waals surface area contributed by atoms with Crippen LogP contribution < -0.4 is 0 Å². The number of rotatable bonds is 20. The molecule has 2 bridgehead atoms. The summed E-state index contributed by atoms with van der Waals surface area (Å²) in [4.78, 5) is 16.5. The van der Waals surface area contributed by atoms with Gasteiger partial charge in [0.2, 0.25) is 0 Å². The molecule has 146 heavy (non-hydrogen) atoms. The van der Waals surface area contributed by atoms with Gasteiger partial charge in [-0.3, -0.25) is 4.79 Å². The summed E-state index contributed by atoms with van der Waals surface area (Å²) in [6.45, 7) is 14.7. The summed E-state index contributed by atoms with van der Waals surface area (Å²) < 4.78 is 0. The standard InChI is InChI=1S/C15H15NO2.C14H13NO2.C14H13NO.C13H17NO2.C12H15NO.C11H18O.C10H9NO2S2.C10H13NO2.C8H9NO.C6H11NO.C4H7NO2/c1-18-16-14(12-8-4-2-5-9-12)15(17)13-10-6-3-7-11-13;16-14(12-9-5-2-6-10-12)13(15-17)11-7-3-1-4-8-11;16-15-14(13-9-5-2-6-10-13)11-12-7-3-1-4-8-12;15-13(9-5-2-6-10-13)12(14-16)11-7-3-1-4-8-11;14-13-12-8-6-11(7-9-12)10-4-2-1-3-5-10;1-10(2)8-4-5-11(10,3)9(6-8)7-12;12-10(8-4-2-6-15-8)9(11-13)7-3-1-5-14-7;1-10(2,12)9(11-13)8-6-4-3-5-7-8;1-7(9-10)8-5-3-2-4-6-8;8-7-6-4-2-1-3-5-6;1-3(5-7)4(2)6/h2-11,15,17H,1H3;1-10,14,16-17H;1-10,16H,11H2;1,3-4,7-8,15-16H,2,5-6,9-10H2;1-5,11,14H,6-9H2;7-8,12H,4-6H2,1-3H3;1-6,10,12-13H;3-7,12-13H,1-2H3;2-6,10H,1H3;8H,1-5H2;7H,1-2H3/b16-14+;15-13-;15-14-;14-12-;;9-7-;2*11-9+;9-7-;;5-3+. The second-order valence-electron chi connectivity index (χ2n) is 36.3. The maximum Gasteiger partial charge on any atom is 0.177 e. The van der Waals surface area contributed by atoms with Crippen LogP contribution in [0.2, 0.25) is 0 Å². The first-order valence-corrected chi connectivity index (χ1v) is 50.2. The van der Waals surface area contributed by atoms with Crippen LogP contribution in [0.25, 0.3) is 0 Å². The summed E-state index contributed by atoms with van der Waals surface area (Å²) in [5.74, 6) is 1.25. The van der Waals surface area contributed by atoms with Gasteiger partial charge < -0.3 is 82.3 Å². The van der Waals surface area contributed by atoms with Crippen LogP contribution in [0.5, 0.6) is 0 Å². The molecule has 5 atom stereocenters. The zero-order valence-corrected chi connectivity index (χ0v) is 86.0. The third-order valence-corrected chi connectivity index (χ3v) is 27.7. The molecule has 0 spiro atoms. The maximum absolute atomic E-state index is 10.5. The number of allylic oxidation sites excluding steroid dienone is 1. The average molecular weight is 2020 g/mol. The van der Waals surface area contributed by atoms with Gasteiger partial charge in [0.1, 0.15) is 70.9 Å². The summed E-state index contributed by atoms with van der Waals surface area (Å²) in [5.41, 5.74) is 14.0. The lowest BCUT2D eigenvalue weighted by Gasteiger charge is -2.35. The molecule has 0 saturated heterocycles. The highest BCUT2D eigenvalue weighted by atomic mass is 32.1. The molecule has 15 N–H and O–H groups in total. The number of aliphatic hydroxyl groups excluding tert-OH is 4. The van der Waals surface area contributed by atoms with E-state index < -0.39 is 29.5 Å². The number of fused-ring (bicyclic) bond motifs is 2. The van der Waals surface area contributed by atoms with E-state index in [4.69, 9.17) is 56.8 Å². The van der Waals surface area contributed by atoms with Crippen molar-refractivity contribution in [2.45, 2.75) is 206 Å². The van der Waals surface area contributed by atoms with Gasteiger partial charge in [0.25, 0.3) is 0 Å². The Bertz CT molecular complexity index is 6040. The van der Waals surface area contributed by atoms with Gasteiger partial charge >= 0.3 is 0 Å². The number of nitrogens with zero attached hydrogens (tertiary/aromatic N) is 10. The number of aliphatic hydroxyl groups is 6. The van der Waals surface area contributed by atoms with Crippen molar-refractivity contribution < 1.29 is 87.1 Å². The predicted molar refractivity (Wildman–Crippen MR) is 583 cm³/mol. The van der Waals surface area contributed by atoms with Crippen LogP contribution in [-0.4, -0.2) is 159 Å². The lowest BCUT2D eigenvalue weighted by Crippen LogP contribution is -2.41. The minimum atomic E-state index is -1.13. The molecule has 5 aliphatic carbocycles. The molecule has 12 aromatic rings. The lowest BCUT2D eigenvalue weighted by atomic mass is 9.69. The van der Waals surface area contributed by atoms with Crippen molar-refractivity contribution in [3.05, 3.63) is 416 Å². The second kappa shape index (κ2) is 64.1. The highest BCUT2D eigenvalue weighted by Gasteiger charge is 2.59. The summed E-state index contributed by atoms with van der Waals surface area (Å²) in [7, 11) is 1.47. The summed E-state index contributed by atoms with van der Waals surface area (Å²) in [6, 6.07) is 103. The van der Waals surface area contributed by atoms with Crippen molar-refractivity contribution in [2.75, 3.05) is 7.11 Å². The molecule has 5 aliphatic rings. The van der Waals surface area contributed by atoms with Crippen molar-refractivity contribution in [3.8, 4) is 0 Å². The molecule has 5 unspecified atom stereocenters. The maximum atomic E-state index is 10.5. The summed E-state index contributed by atoms with van der Waals surface area (Å²) in [6.07, 6.45) is 17.5. The number of carbonyl (C=O) groups excluding carboxylic acids is 1. The van der Waals surface area contributed by atoms with Crippen molar-refractivity contribution in [3.63, 3.8) is 0 Å². The van der Waals surface area contributed by atoms with Gasteiger partial charge in [0, 0.05) is 40.5 Å². The fourth-order valence-corrected chi connectivity index (χ4v) is 18.4. The minimum absolute atomic E-state index is 0.139. The smallest absolute Gasteiger partial charge is 0.177 e. The monoisotopic (exact) mass is 2020 g/mol. The third kappa shape index (κ3) is 37.8. The first-order valence-electron chi connectivity index (χ1n) is 48.5. The van der Waals surface area contributed by atoms with E-state index in [0.717, 1.165) is 130 Å². The normalized spacial score (nSPS) is 17.8. The average Bonchev–Trinajstić information content (AvgIpc) is 1.56. The Morgan fingerprint density at radius 1 is 0.432 bits per heavy atom. The van der Waals surface area contributed by atoms with Crippen molar-refractivity contribution in [1.29, 1.82) is 0 Å². The van der Waals surface area contributed by atoms with Gasteiger partial charge in [-0.05, 0) is 196 Å². The fraction of sp³-hybridized carbons (Fsp3) is 0.308. The number of oxime groups is 10. The molecule has 17 rings (SSSR count). The molecular formula is C117H140N10O17S2. The van der Waals surface area contributed by atoms with Gasteiger partial charge in [0.15, 0.2) is 5.78 Å². The van der Waals surface area contributed by atoms with E-state index in [1.54, 1.807) is 57.2 Å². The topological polar surface area (TPSA) is 453 Å². The number of benzene rings is 10. The van der Waals surface area contributed by atoms with Crippen molar-refractivity contribution in [2.24, 2.45) is 68.3 Å². The molecule has 0 amide bonds. The van der Waals surface area contributed by atoms with Crippen LogP contribution >= 0.6 is 22.7 Å². The van der Waals surface area contributed by atoms with E-state index >= 15 is 0 Å². The van der Waals surface area contributed by atoms with Crippen LogP contribution in [0.15, 0.2) is 402 Å². The zero-order chi connectivity index (χ0) is 106. The Labute approximate surface area is 864 Å². The Balaban J connectivity index is 0.000000219. The van der Waals surface area contributed by atoms with Crippen LogP contribution in [0.1, 0.15) is 254 Å². The first kappa shape index (κ1) is 118. The lowest BCUT2D eigenvalue weighted by molar-refractivity contribution is -0.111. The molecule has 2 heterocycles. The quantitative estimate of drug-likeness (QED) is 0.0146. The van der Waals surface area contributed by atoms with E-state index in [1.807, 2.05) is 278 Å². The van der Waals surface area contributed by atoms with E-state index in [1.165, 1.54) is 93.1 Å². The van der Waals surface area contributed by atoms with Crippen LogP contribution in [0.3, 0.4) is 0 Å². The van der Waals surface area contributed by atoms with E-state index in [0.29, 0.717) is 70.3 Å². The van der Waals surface area contributed by atoms with Gasteiger partial charge in [0.05, 0.1) is 34.0 Å². The molecular weight excluding hydrogens is 1880 g/mol. The van der Waals surface area contributed by atoms with Gasteiger partial charge in [-0.25, -0.2) is 0 Å².